The first-order valence-corrected chi connectivity index (χ1v) is 6.14. The molecule has 2 rings (SSSR count). The molecule has 94 valence electrons. The zero-order valence-electron chi connectivity index (χ0n) is 10.1. The SMILES string of the molecule is CN(C)c1ccc(Br)cc1NC(=O)c1cn[nH]c1. The number of benzene rings is 1. The molecule has 1 aromatic carbocycles. The first kappa shape index (κ1) is 12.6. The Balaban J connectivity index is 2.28. The number of aromatic amines is 1. The second kappa shape index (κ2) is 5.22. The highest BCUT2D eigenvalue weighted by molar-refractivity contribution is 9.10. The monoisotopic (exact) mass is 308 g/mol. The van der Waals surface area contributed by atoms with Crippen molar-refractivity contribution in [3.05, 3.63) is 40.6 Å². The molecule has 0 saturated heterocycles. The third kappa shape index (κ3) is 2.70. The van der Waals surface area contributed by atoms with E-state index in [1.54, 1.807) is 6.20 Å². The van der Waals surface area contributed by atoms with Gasteiger partial charge in [-0.05, 0) is 18.2 Å². The Morgan fingerprint density at radius 1 is 1.44 bits per heavy atom. The molecule has 0 saturated carbocycles. The van der Waals surface area contributed by atoms with Crippen LogP contribution in [0.2, 0.25) is 0 Å². The fraction of sp³-hybridized carbons (Fsp3) is 0.167. The first-order chi connectivity index (χ1) is 8.58. The lowest BCUT2D eigenvalue weighted by molar-refractivity contribution is 0.102. The van der Waals surface area contributed by atoms with Crippen molar-refractivity contribution in [3.8, 4) is 0 Å². The smallest absolute Gasteiger partial charge is 0.258 e. The second-order valence-electron chi connectivity index (χ2n) is 4.00. The first-order valence-electron chi connectivity index (χ1n) is 5.35. The highest BCUT2D eigenvalue weighted by atomic mass is 79.9. The van der Waals surface area contributed by atoms with Gasteiger partial charge in [-0.25, -0.2) is 0 Å². The molecule has 2 N–H and O–H groups in total. The van der Waals surface area contributed by atoms with E-state index in [2.05, 4.69) is 31.4 Å². The molecule has 0 aliphatic carbocycles. The van der Waals surface area contributed by atoms with Crippen molar-refractivity contribution in [2.75, 3.05) is 24.3 Å². The predicted octanol–water partition coefficient (Wildman–Crippen LogP) is 2.49. The Morgan fingerprint density at radius 3 is 2.83 bits per heavy atom. The number of aromatic nitrogens is 2. The molecule has 1 aromatic heterocycles. The maximum atomic E-state index is 12.0. The number of nitrogens with zero attached hydrogens (tertiary/aromatic N) is 2. The van der Waals surface area contributed by atoms with Gasteiger partial charge in [-0.2, -0.15) is 5.10 Å². The van der Waals surface area contributed by atoms with E-state index >= 15 is 0 Å². The third-order valence-corrected chi connectivity index (χ3v) is 2.94. The van der Waals surface area contributed by atoms with Gasteiger partial charge in [-0.15, -0.1) is 0 Å². The molecule has 0 aliphatic heterocycles. The van der Waals surface area contributed by atoms with Crippen LogP contribution in [0.3, 0.4) is 0 Å². The molecule has 0 radical (unpaired) electrons. The summed E-state index contributed by atoms with van der Waals surface area (Å²) >= 11 is 3.40. The fourth-order valence-electron chi connectivity index (χ4n) is 1.57. The zero-order valence-corrected chi connectivity index (χ0v) is 11.7. The second-order valence-corrected chi connectivity index (χ2v) is 4.91. The molecule has 18 heavy (non-hydrogen) atoms. The Kier molecular flexibility index (Phi) is 3.66. The molecule has 1 amide bonds. The molecular formula is C12H13BrN4O. The van der Waals surface area contributed by atoms with Gasteiger partial charge in [-0.1, -0.05) is 15.9 Å². The van der Waals surface area contributed by atoms with Gasteiger partial charge in [0.05, 0.1) is 23.1 Å². The largest absolute Gasteiger partial charge is 0.376 e. The zero-order chi connectivity index (χ0) is 13.1. The highest BCUT2D eigenvalue weighted by Crippen LogP contribution is 2.28. The van der Waals surface area contributed by atoms with Crippen LogP contribution in [0.5, 0.6) is 0 Å². The van der Waals surface area contributed by atoms with Gasteiger partial charge < -0.3 is 10.2 Å². The van der Waals surface area contributed by atoms with Crippen molar-refractivity contribution in [1.82, 2.24) is 10.2 Å². The summed E-state index contributed by atoms with van der Waals surface area (Å²) in [6.45, 7) is 0. The van der Waals surface area contributed by atoms with E-state index in [0.717, 1.165) is 15.8 Å². The number of rotatable bonds is 3. The quantitative estimate of drug-likeness (QED) is 0.916. The maximum absolute atomic E-state index is 12.0. The number of carbonyl (C=O) groups is 1. The van der Waals surface area contributed by atoms with Crippen LogP contribution in [0.25, 0.3) is 0 Å². The summed E-state index contributed by atoms with van der Waals surface area (Å²) in [5, 5.41) is 9.23. The Labute approximate surface area is 113 Å². The molecule has 5 nitrogen and oxygen atoms in total. The van der Waals surface area contributed by atoms with Crippen LogP contribution in [0.1, 0.15) is 10.4 Å². The van der Waals surface area contributed by atoms with E-state index in [0.29, 0.717) is 5.56 Å². The summed E-state index contributed by atoms with van der Waals surface area (Å²) < 4.78 is 0.913. The summed E-state index contributed by atoms with van der Waals surface area (Å²) in [4.78, 5) is 13.9. The van der Waals surface area contributed by atoms with Crippen molar-refractivity contribution >= 4 is 33.2 Å². The molecule has 6 heteroatoms. The van der Waals surface area contributed by atoms with Crippen molar-refractivity contribution in [1.29, 1.82) is 0 Å². The normalized spacial score (nSPS) is 10.2. The number of halogens is 1. The number of carbonyl (C=O) groups excluding carboxylic acids is 1. The number of amides is 1. The number of hydrogen-bond acceptors (Lipinski definition) is 3. The van der Waals surface area contributed by atoms with E-state index in [-0.39, 0.29) is 5.91 Å². The molecule has 0 unspecified atom stereocenters. The lowest BCUT2D eigenvalue weighted by Gasteiger charge is -2.18. The Bertz CT molecular complexity index is 551. The van der Waals surface area contributed by atoms with Crippen LogP contribution in [0, 0.1) is 0 Å². The minimum atomic E-state index is -0.190. The molecule has 0 fully saturated rings. The van der Waals surface area contributed by atoms with Gasteiger partial charge in [0.25, 0.3) is 5.91 Å². The third-order valence-electron chi connectivity index (χ3n) is 2.45. The maximum Gasteiger partial charge on any atom is 0.258 e. The number of H-pyrrole nitrogens is 1. The van der Waals surface area contributed by atoms with Crippen molar-refractivity contribution in [2.24, 2.45) is 0 Å². The van der Waals surface area contributed by atoms with Gasteiger partial charge in [0.15, 0.2) is 0 Å². The van der Waals surface area contributed by atoms with E-state index in [9.17, 15) is 4.79 Å². The summed E-state index contributed by atoms with van der Waals surface area (Å²) in [7, 11) is 3.85. The molecule has 0 aliphatic rings. The van der Waals surface area contributed by atoms with Crippen molar-refractivity contribution in [2.45, 2.75) is 0 Å². The molecule has 0 bridgehead atoms. The predicted molar refractivity (Wildman–Crippen MR) is 75.0 cm³/mol. The minimum absolute atomic E-state index is 0.190. The topological polar surface area (TPSA) is 61.0 Å². The van der Waals surface area contributed by atoms with Crippen LogP contribution >= 0.6 is 15.9 Å². The average molecular weight is 309 g/mol. The van der Waals surface area contributed by atoms with E-state index < -0.39 is 0 Å². The van der Waals surface area contributed by atoms with Crippen LogP contribution in [-0.2, 0) is 0 Å². The number of nitrogens with one attached hydrogen (secondary N) is 2. The molecular weight excluding hydrogens is 296 g/mol. The average Bonchev–Trinajstić information content (AvgIpc) is 2.81. The Morgan fingerprint density at radius 2 is 2.22 bits per heavy atom. The summed E-state index contributed by atoms with van der Waals surface area (Å²) in [6.07, 6.45) is 3.05. The van der Waals surface area contributed by atoms with E-state index in [1.807, 2.05) is 37.2 Å². The van der Waals surface area contributed by atoms with Crippen LogP contribution in [0.4, 0.5) is 11.4 Å². The lowest BCUT2D eigenvalue weighted by Crippen LogP contribution is -2.16. The van der Waals surface area contributed by atoms with Gasteiger partial charge in [0, 0.05) is 24.8 Å². The Hall–Kier alpha value is -1.82. The van der Waals surface area contributed by atoms with Crippen LogP contribution in [0.15, 0.2) is 35.1 Å². The van der Waals surface area contributed by atoms with Gasteiger partial charge in [0.2, 0.25) is 0 Å². The lowest BCUT2D eigenvalue weighted by atomic mass is 10.2. The van der Waals surface area contributed by atoms with Crippen LogP contribution < -0.4 is 10.2 Å². The van der Waals surface area contributed by atoms with Gasteiger partial charge in [-0.3, -0.25) is 9.89 Å². The van der Waals surface area contributed by atoms with Gasteiger partial charge in [0.1, 0.15) is 0 Å². The van der Waals surface area contributed by atoms with Gasteiger partial charge >= 0.3 is 0 Å². The summed E-state index contributed by atoms with van der Waals surface area (Å²) in [5.74, 6) is -0.190. The molecule has 0 spiro atoms. The van der Waals surface area contributed by atoms with E-state index in [1.165, 1.54) is 6.20 Å². The molecule has 1 heterocycles. The van der Waals surface area contributed by atoms with Crippen molar-refractivity contribution < 1.29 is 4.79 Å². The van der Waals surface area contributed by atoms with Crippen LogP contribution in [-0.4, -0.2) is 30.2 Å². The minimum Gasteiger partial charge on any atom is -0.376 e. The molecule has 2 aromatic rings. The fourth-order valence-corrected chi connectivity index (χ4v) is 1.93. The standard InChI is InChI=1S/C12H13BrN4O/c1-17(2)11-4-3-9(13)5-10(11)16-12(18)8-6-14-15-7-8/h3-7H,1-2H3,(H,14,15)(H,16,18). The number of hydrogen-bond donors (Lipinski definition) is 2. The van der Waals surface area contributed by atoms with E-state index in [4.69, 9.17) is 0 Å². The molecule has 0 atom stereocenters. The van der Waals surface area contributed by atoms with Crippen molar-refractivity contribution in [3.63, 3.8) is 0 Å². The summed E-state index contributed by atoms with van der Waals surface area (Å²) in [6, 6.07) is 5.74. The summed E-state index contributed by atoms with van der Waals surface area (Å²) in [5.41, 5.74) is 2.19. The highest BCUT2D eigenvalue weighted by Gasteiger charge is 2.11. The number of anilines is 2.